The molecule has 1 unspecified atom stereocenters. The lowest BCUT2D eigenvalue weighted by Crippen LogP contribution is -1.96. The number of ether oxygens (including phenoxy) is 1. The normalized spacial score (nSPS) is 11.3. The van der Waals surface area contributed by atoms with Crippen LogP contribution in [0.5, 0.6) is 5.75 Å². The molecule has 2 rings (SSSR count). The molecule has 0 aliphatic carbocycles. The van der Waals surface area contributed by atoms with Crippen LogP contribution in [0.4, 0.5) is 0 Å². The Kier molecular flexibility index (Phi) is 5.26. The lowest BCUT2D eigenvalue weighted by Gasteiger charge is -2.10. The summed E-state index contributed by atoms with van der Waals surface area (Å²) in [6, 6.07) is 18.5. The Morgan fingerprint density at radius 1 is 1.00 bits per heavy atom. The third-order valence-corrected chi connectivity index (χ3v) is 3.28. The molecule has 0 fully saturated rings. The molecule has 0 amide bonds. The van der Waals surface area contributed by atoms with Crippen molar-refractivity contribution in [3.8, 4) is 17.6 Å². The van der Waals surface area contributed by atoms with Gasteiger partial charge in [0, 0.05) is 6.42 Å². The van der Waals surface area contributed by atoms with Gasteiger partial charge < -0.3 is 4.74 Å². The number of hydrogen-bond donors (Lipinski definition) is 0. The average Bonchev–Trinajstić information content (AvgIpc) is 2.52. The third kappa shape index (κ3) is 4.17. The Bertz CT molecular complexity index is 573. The predicted octanol–water partition coefficient (Wildman–Crippen LogP) is 4.78. The summed E-state index contributed by atoms with van der Waals surface area (Å²) in [6.07, 6.45) is 0.903. The van der Waals surface area contributed by atoms with E-state index in [4.69, 9.17) is 4.74 Å². The molecule has 2 aromatic carbocycles. The van der Waals surface area contributed by atoms with Crippen LogP contribution < -0.4 is 4.74 Å². The van der Waals surface area contributed by atoms with E-state index in [1.807, 2.05) is 37.3 Å². The SMILES string of the molecule is CC#CCC(C)c1ccc(OCc2ccccc2)cc1. The van der Waals surface area contributed by atoms with E-state index in [1.165, 1.54) is 11.1 Å². The van der Waals surface area contributed by atoms with Crippen LogP contribution in [0.3, 0.4) is 0 Å². The summed E-state index contributed by atoms with van der Waals surface area (Å²) in [5.74, 6) is 7.44. The first kappa shape index (κ1) is 14.2. The fourth-order valence-corrected chi connectivity index (χ4v) is 2.01. The number of hydrogen-bond acceptors (Lipinski definition) is 1. The van der Waals surface area contributed by atoms with Crippen molar-refractivity contribution in [2.24, 2.45) is 0 Å². The van der Waals surface area contributed by atoms with E-state index >= 15 is 0 Å². The van der Waals surface area contributed by atoms with Crippen LogP contribution in [0.25, 0.3) is 0 Å². The highest BCUT2D eigenvalue weighted by atomic mass is 16.5. The summed E-state index contributed by atoms with van der Waals surface area (Å²) in [5.41, 5.74) is 2.49. The van der Waals surface area contributed by atoms with Crippen molar-refractivity contribution in [2.75, 3.05) is 0 Å². The molecule has 0 N–H and O–H groups in total. The van der Waals surface area contributed by atoms with E-state index in [0.717, 1.165) is 12.2 Å². The summed E-state index contributed by atoms with van der Waals surface area (Å²) in [7, 11) is 0. The van der Waals surface area contributed by atoms with Crippen molar-refractivity contribution in [1.29, 1.82) is 0 Å². The van der Waals surface area contributed by atoms with Gasteiger partial charge in [-0.1, -0.05) is 49.4 Å². The molecule has 0 aromatic heterocycles. The molecule has 1 heteroatoms. The van der Waals surface area contributed by atoms with E-state index in [9.17, 15) is 0 Å². The Labute approximate surface area is 121 Å². The van der Waals surface area contributed by atoms with E-state index in [2.05, 4.69) is 43.0 Å². The van der Waals surface area contributed by atoms with Gasteiger partial charge in [0.15, 0.2) is 0 Å². The number of rotatable bonds is 5. The minimum atomic E-state index is 0.464. The monoisotopic (exact) mass is 264 g/mol. The first-order valence-electron chi connectivity index (χ1n) is 6.96. The van der Waals surface area contributed by atoms with Crippen LogP contribution in [0.2, 0.25) is 0 Å². The minimum Gasteiger partial charge on any atom is -0.489 e. The molecule has 0 heterocycles. The second kappa shape index (κ2) is 7.40. The molecule has 0 radical (unpaired) electrons. The molecule has 20 heavy (non-hydrogen) atoms. The number of benzene rings is 2. The highest BCUT2D eigenvalue weighted by Gasteiger charge is 2.04. The van der Waals surface area contributed by atoms with E-state index in [-0.39, 0.29) is 0 Å². The van der Waals surface area contributed by atoms with Gasteiger partial charge in [0.25, 0.3) is 0 Å². The van der Waals surface area contributed by atoms with Crippen molar-refractivity contribution >= 4 is 0 Å². The van der Waals surface area contributed by atoms with Gasteiger partial charge in [0.2, 0.25) is 0 Å². The van der Waals surface area contributed by atoms with Crippen molar-refractivity contribution < 1.29 is 4.74 Å². The molecule has 0 spiro atoms. The summed E-state index contributed by atoms with van der Waals surface area (Å²) in [6.45, 7) is 4.69. The molecular weight excluding hydrogens is 244 g/mol. The highest BCUT2D eigenvalue weighted by Crippen LogP contribution is 2.22. The van der Waals surface area contributed by atoms with Crippen LogP contribution >= 0.6 is 0 Å². The largest absolute Gasteiger partial charge is 0.489 e. The Hall–Kier alpha value is -2.20. The summed E-state index contributed by atoms with van der Waals surface area (Å²) in [5, 5.41) is 0. The van der Waals surface area contributed by atoms with Crippen molar-refractivity contribution in [3.05, 3.63) is 65.7 Å². The van der Waals surface area contributed by atoms with E-state index in [1.54, 1.807) is 0 Å². The third-order valence-electron chi connectivity index (χ3n) is 3.28. The van der Waals surface area contributed by atoms with Gasteiger partial charge in [-0.2, -0.15) is 0 Å². The molecule has 2 aromatic rings. The molecule has 0 saturated heterocycles. The predicted molar refractivity (Wildman–Crippen MR) is 83.7 cm³/mol. The first-order chi connectivity index (χ1) is 9.79. The zero-order valence-corrected chi connectivity index (χ0v) is 12.1. The van der Waals surface area contributed by atoms with E-state index < -0.39 is 0 Å². The van der Waals surface area contributed by atoms with Crippen LogP contribution in [0.15, 0.2) is 54.6 Å². The zero-order chi connectivity index (χ0) is 14.2. The summed E-state index contributed by atoms with van der Waals surface area (Å²) in [4.78, 5) is 0. The Morgan fingerprint density at radius 3 is 2.35 bits per heavy atom. The van der Waals surface area contributed by atoms with Crippen LogP contribution in [0, 0.1) is 11.8 Å². The summed E-state index contributed by atoms with van der Waals surface area (Å²) < 4.78 is 5.78. The second-order valence-corrected chi connectivity index (χ2v) is 4.88. The lowest BCUT2D eigenvalue weighted by atomic mass is 9.98. The van der Waals surface area contributed by atoms with Crippen molar-refractivity contribution in [2.45, 2.75) is 32.8 Å². The molecule has 1 atom stereocenters. The second-order valence-electron chi connectivity index (χ2n) is 4.88. The molecule has 0 aliphatic heterocycles. The Morgan fingerprint density at radius 2 is 1.70 bits per heavy atom. The van der Waals surface area contributed by atoms with Gasteiger partial charge in [-0.25, -0.2) is 0 Å². The topological polar surface area (TPSA) is 9.23 Å². The maximum atomic E-state index is 5.78. The molecule has 0 aliphatic rings. The van der Waals surface area contributed by atoms with E-state index in [0.29, 0.717) is 12.5 Å². The molecule has 1 nitrogen and oxygen atoms in total. The zero-order valence-electron chi connectivity index (χ0n) is 12.1. The van der Waals surface area contributed by atoms with Gasteiger partial charge in [-0.15, -0.1) is 11.8 Å². The quantitative estimate of drug-likeness (QED) is 0.706. The smallest absolute Gasteiger partial charge is 0.119 e. The molecule has 102 valence electrons. The fraction of sp³-hybridized carbons (Fsp3) is 0.263. The Balaban J connectivity index is 1.92. The molecule has 0 saturated carbocycles. The first-order valence-corrected chi connectivity index (χ1v) is 6.96. The average molecular weight is 264 g/mol. The summed E-state index contributed by atoms with van der Waals surface area (Å²) >= 11 is 0. The lowest BCUT2D eigenvalue weighted by molar-refractivity contribution is 0.306. The van der Waals surface area contributed by atoms with Gasteiger partial charge in [0.05, 0.1) is 0 Å². The van der Waals surface area contributed by atoms with Gasteiger partial charge in [-0.05, 0) is 36.1 Å². The van der Waals surface area contributed by atoms with Crippen molar-refractivity contribution in [3.63, 3.8) is 0 Å². The van der Waals surface area contributed by atoms with Crippen LogP contribution in [0.1, 0.15) is 37.3 Å². The molecular formula is C19H20O. The highest BCUT2D eigenvalue weighted by molar-refractivity contribution is 5.30. The van der Waals surface area contributed by atoms with Crippen LogP contribution in [-0.4, -0.2) is 0 Å². The minimum absolute atomic E-state index is 0.464. The maximum absolute atomic E-state index is 5.78. The van der Waals surface area contributed by atoms with Crippen LogP contribution in [-0.2, 0) is 6.61 Å². The van der Waals surface area contributed by atoms with Gasteiger partial charge in [-0.3, -0.25) is 0 Å². The maximum Gasteiger partial charge on any atom is 0.119 e. The van der Waals surface area contributed by atoms with Crippen molar-refractivity contribution in [1.82, 2.24) is 0 Å². The van der Waals surface area contributed by atoms with Gasteiger partial charge >= 0.3 is 0 Å². The fourth-order valence-electron chi connectivity index (χ4n) is 2.01. The van der Waals surface area contributed by atoms with Gasteiger partial charge in [0.1, 0.15) is 12.4 Å². The standard InChI is InChI=1S/C19H20O/c1-3-4-8-16(2)18-11-13-19(14-12-18)20-15-17-9-6-5-7-10-17/h5-7,9-14,16H,8,15H2,1-2H3. The molecule has 0 bridgehead atoms.